The van der Waals surface area contributed by atoms with Crippen LogP contribution >= 0.6 is 0 Å². The smallest absolute Gasteiger partial charge is 0.0639 e. The molecule has 0 unspecified atom stereocenters. The zero-order valence-corrected chi connectivity index (χ0v) is 12.8. The number of rotatable bonds is 8. The van der Waals surface area contributed by atoms with E-state index >= 15 is 0 Å². The molecule has 3 nitrogen and oxygen atoms in total. The van der Waals surface area contributed by atoms with Crippen molar-refractivity contribution in [3.05, 3.63) is 29.8 Å². The SMILES string of the molecule is CCCN(CCC(C)(C)OC)c1ccc(CN)cc1. The first-order valence-corrected chi connectivity index (χ1v) is 7.11. The molecule has 0 saturated heterocycles. The van der Waals surface area contributed by atoms with Gasteiger partial charge in [-0.25, -0.2) is 0 Å². The van der Waals surface area contributed by atoms with E-state index in [1.165, 1.54) is 11.3 Å². The van der Waals surface area contributed by atoms with E-state index in [-0.39, 0.29) is 5.60 Å². The summed E-state index contributed by atoms with van der Waals surface area (Å²) >= 11 is 0. The molecular formula is C16H28N2O. The van der Waals surface area contributed by atoms with Gasteiger partial charge in [0.2, 0.25) is 0 Å². The molecule has 1 aromatic rings. The Hall–Kier alpha value is -1.06. The highest BCUT2D eigenvalue weighted by Crippen LogP contribution is 2.19. The van der Waals surface area contributed by atoms with E-state index in [1.807, 2.05) is 0 Å². The van der Waals surface area contributed by atoms with Crippen LogP contribution in [0.2, 0.25) is 0 Å². The summed E-state index contributed by atoms with van der Waals surface area (Å²) in [6.45, 7) is 9.16. The van der Waals surface area contributed by atoms with Gasteiger partial charge in [-0.2, -0.15) is 0 Å². The molecule has 0 amide bonds. The first-order chi connectivity index (χ1) is 9.02. The number of nitrogens with zero attached hydrogens (tertiary/aromatic N) is 1. The Morgan fingerprint density at radius 1 is 1.16 bits per heavy atom. The lowest BCUT2D eigenvalue weighted by Crippen LogP contribution is -2.32. The zero-order chi connectivity index (χ0) is 14.3. The molecule has 0 atom stereocenters. The number of hydrogen-bond donors (Lipinski definition) is 1. The Kier molecular flexibility index (Phi) is 6.32. The maximum atomic E-state index is 5.64. The number of ether oxygens (including phenoxy) is 1. The van der Waals surface area contributed by atoms with Gasteiger partial charge >= 0.3 is 0 Å². The molecule has 0 aliphatic carbocycles. The minimum atomic E-state index is -0.0663. The third-order valence-electron chi connectivity index (χ3n) is 3.57. The third-order valence-corrected chi connectivity index (χ3v) is 3.57. The fraction of sp³-hybridized carbons (Fsp3) is 0.625. The Balaban J connectivity index is 2.70. The van der Waals surface area contributed by atoms with Crippen LogP contribution in [0.3, 0.4) is 0 Å². The number of benzene rings is 1. The standard InChI is InChI=1S/C16H28N2O/c1-5-11-18(12-10-16(2,3)19-4)15-8-6-14(13-17)7-9-15/h6-9H,5,10-13,17H2,1-4H3. The average Bonchev–Trinajstić information content (AvgIpc) is 2.43. The molecule has 0 aliphatic heterocycles. The highest BCUT2D eigenvalue weighted by molar-refractivity contribution is 5.47. The summed E-state index contributed by atoms with van der Waals surface area (Å²) in [5, 5.41) is 0. The zero-order valence-electron chi connectivity index (χ0n) is 12.8. The normalized spacial score (nSPS) is 11.6. The molecule has 1 aromatic carbocycles. The van der Waals surface area contributed by atoms with Crippen molar-refractivity contribution in [1.29, 1.82) is 0 Å². The number of hydrogen-bond acceptors (Lipinski definition) is 3. The molecule has 0 spiro atoms. The maximum Gasteiger partial charge on any atom is 0.0639 e. The number of nitrogens with two attached hydrogens (primary N) is 1. The van der Waals surface area contributed by atoms with Crippen molar-refractivity contribution in [1.82, 2.24) is 0 Å². The Labute approximate surface area is 117 Å². The molecule has 1 rings (SSSR count). The maximum absolute atomic E-state index is 5.64. The van der Waals surface area contributed by atoms with Gasteiger partial charge in [0, 0.05) is 32.4 Å². The molecule has 0 aromatic heterocycles. The fourth-order valence-corrected chi connectivity index (χ4v) is 1.99. The number of methoxy groups -OCH3 is 1. The lowest BCUT2D eigenvalue weighted by atomic mass is 10.0. The van der Waals surface area contributed by atoms with E-state index in [0.717, 1.165) is 25.9 Å². The van der Waals surface area contributed by atoms with Crippen molar-refractivity contribution < 1.29 is 4.74 Å². The molecule has 0 bridgehead atoms. The van der Waals surface area contributed by atoms with Crippen molar-refractivity contribution >= 4 is 5.69 Å². The van der Waals surface area contributed by atoms with E-state index in [4.69, 9.17) is 10.5 Å². The van der Waals surface area contributed by atoms with Crippen LogP contribution in [-0.4, -0.2) is 25.8 Å². The lowest BCUT2D eigenvalue weighted by molar-refractivity contribution is 0.0172. The predicted molar refractivity (Wildman–Crippen MR) is 82.5 cm³/mol. The predicted octanol–water partition coefficient (Wildman–Crippen LogP) is 3.18. The van der Waals surface area contributed by atoms with E-state index in [1.54, 1.807) is 7.11 Å². The van der Waals surface area contributed by atoms with Crippen molar-refractivity contribution in [3.8, 4) is 0 Å². The van der Waals surface area contributed by atoms with Crippen LogP contribution in [0.15, 0.2) is 24.3 Å². The van der Waals surface area contributed by atoms with Gasteiger partial charge in [0.25, 0.3) is 0 Å². The van der Waals surface area contributed by atoms with Gasteiger partial charge in [0.15, 0.2) is 0 Å². The van der Waals surface area contributed by atoms with Crippen molar-refractivity contribution in [2.45, 2.75) is 45.8 Å². The minimum absolute atomic E-state index is 0.0663. The second-order valence-corrected chi connectivity index (χ2v) is 5.57. The first-order valence-electron chi connectivity index (χ1n) is 7.11. The second-order valence-electron chi connectivity index (χ2n) is 5.57. The van der Waals surface area contributed by atoms with E-state index in [0.29, 0.717) is 6.54 Å². The van der Waals surface area contributed by atoms with E-state index in [9.17, 15) is 0 Å². The molecule has 108 valence electrons. The Morgan fingerprint density at radius 2 is 1.79 bits per heavy atom. The summed E-state index contributed by atoms with van der Waals surface area (Å²) in [6.07, 6.45) is 2.16. The average molecular weight is 264 g/mol. The van der Waals surface area contributed by atoms with Crippen molar-refractivity contribution in [3.63, 3.8) is 0 Å². The summed E-state index contributed by atoms with van der Waals surface area (Å²) in [6, 6.07) is 8.55. The minimum Gasteiger partial charge on any atom is -0.379 e. The van der Waals surface area contributed by atoms with Gasteiger partial charge in [0.05, 0.1) is 5.60 Å². The topological polar surface area (TPSA) is 38.5 Å². The molecule has 0 fully saturated rings. The van der Waals surface area contributed by atoms with E-state index in [2.05, 4.69) is 49.9 Å². The van der Waals surface area contributed by atoms with Crippen LogP contribution in [0.25, 0.3) is 0 Å². The van der Waals surface area contributed by atoms with Crippen LogP contribution in [0, 0.1) is 0 Å². The monoisotopic (exact) mass is 264 g/mol. The highest BCUT2D eigenvalue weighted by Gasteiger charge is 2.18. The second kappa shape index (κ2) is 7.51. The summed E-state index contributed by atoms with van der Waals surface area (Å²) in [5.74, 6) is 0. The van der Waals surface area contributed by atoms with E-state index < -0.39 is 0 Å². The molecule has 0 radical (unpaired) electrons. The van der Waals surface area contributed by atoms with Crippen molar-refractivity contribution in [2.24, 2.45) is 5.73 Å². The van der Waals surface area contributed by atoms with Gasteiger partial charge in [-0.05, 0) is 44.4 Å². The summed E-state index contributed by atoms with van der Waals surface area (Å²) < 4.78 is 5.50. The summed E-state index contributed by atoms with van der Waals surface area (Å²) in [4.78, 5) is 2.42. The van der Waals surface area contributed by atoms with Gasteiger partial charge < -0.3 is 15.4 Å². The highest BCUT2D eigenvalue weighted by atomic mass is 16.5. The fourth-order valence-electron chi connectivity index (χ4n) is 1.99. The lowest BCUT2D eigenvalue weighted by Gasteiger charge is -2.30. The van der Waals surface area contributed by atoms with Crippen LogP contribution in [-0.2, 0) is 11.3 Å². The first kappa shape index (κ1) is 16.0. The molecular weight excluding hydrogens is 236 g/mol. The Bertz CT molecular complexity index is 360. The van der Waals surface area contributed by atoms with Crippen LogP contribution in [0.1, 0.15) is 39.2 Å². The van der Waals surface area contributed by atoms with Gasteiger partial charge in [-0.15, -0.1) is 0 Å². The Morgan fingerprint density at radius 3 is 2.26 bits per heavy atom. The molecule has 0 saturated carbocycles. The van der Waals surface area contributed by atoms with Gasteiger partial charge in [-0.3, -0.25) is 0 Å². The largest absolute Gasteiger partial charge is 0.379 e. The molecule has 0 heterocycles. The van der Waals surface area contributed by atoms with Crippen LogP contribution in [0.4, 0.5) is 5.69 Å². The third kappa shape index (κ3) is 5.21. The van der Waals surface area contributed by atoms with Crippen LogP contribution < -0.4 is 10.6 Å². The van der Waals surface area contributed by atoms with Crippen molar-refractivity contribution in [2.75, 3.05) is 25.1 Å². The molecule has 3 heteroatoms. The number of anilines is 1. The van der Waals surface area contributed by atoms with Gasteiger partial charge in [0.1, 0.15) is 0 Å². The van der Waals surface area contributed by atoms with Crippen LogP contribution in [0.5, 0.6) is 0 Å². The quantitative estimate of drug-likeness (QED) is 0.783. The molecule has 2 N–H and O–H groups in total. The molecule has 19 heavy (non-hydrogen) atoms. The summed E-state index contributed by atoms with van der Waals surface area (Å²) in [5.41, 5.74) is 8.02. The van der Waals surface area contributed by atoms with Gasteiger partial charge in [-0.1, -0.05) is 19.1 Å². The summed E-state index contributed by atoms with van der Waals surface area (Å²) in [7, 11) is 1.78. The molecule has 0 aliphatic rings.